The predicted molar refractivity (Wildman–Crippen MR) is 56.2 cm³/mol. The van der Waals surface area contributed by atoms with Gasteiger partial charge in [-0.05, 0) is 32.6 Å². The molecule has 3 unspecified atom stereocenters. The van der Waals surface area contributed by atoms with Crippen LogP contribution in [0.25, 0.3) is 0 Å². The summed E-state index contributed by atoms with van der Waals surface area (Å²) < 4.78 is 11.4. The molecule has 1 saturated carbocycles. The second-order valence-electron chi connectivity index (χ2n) is 4.47. The van der Waals surface area contributed by atoms with Crippen LogP contribution in [0, 0.1) is 5.92 Å². The average Bonchev–Trinajstić information content (AvgIpc) is 2.91. The third-order valence-corrected chi connectivity index (χ3v) is 5.03. The van der Waals surface area contributed by atoms with E-state index < -0.39 is 10.8 Å². The fourth-order valence-electron chi connectivity index (χ4n) is 2.16. The molecule has 76 valence electrons. The van der Waals surface area contributed by atoms with Gasteiger partial charge in [-0.1, -0.05) is 0 Å². The Balaban J connectivity index is 1.90. The molecule has 0 aromatic rings. The van der Waals surface area contributed by atoms with Gasteiger partial charge in [-0.15, -0.1) is 0 Å². The summed E-state index contributed by atoms with van der Waals surface area (Å²) in [6, 6.07) is 0.736. The quantitative estimate of drug-likeness (QED) is 0.670. The Labute approximate surface area is 83.1 Å². The monoisotopic (exact) mass is 201 g/mol. The molecule has 13 heavy (non-hydrogen) atoms. The molecule has 3 heteroatoms. The van der Waals surface area contributed by atoms with Crippen molar-refractivity contribution < 1.29 is 4.21 Å². The second kappa shape index (κ2) is 3.70. The van der Waals surface area contributed by atoms with Crippen LogP contribution in [-0.4, -0.2) is 39.2 Å². The molecule has 0 bridgehead atoms. The molecule has 0 N–H and O–H groups in total. The molecule has 0 aromatic carbocycles. The van der Waals surface area contributed by atoms with Crippen LogP contribution < -0.4 is 0 Å². The Hall–Kier alpha value is 0.110. The minimum absolute atomic E-state index is 0.384. The zero-order valence-electron chi connectivity index (χ0n) is 8.53. The zero-order chi connectivity index (χ0) is 9.42. The molecule has 1 aliphatic carbocycles. The molecule has 2 fully saturated rings. The number of nitrogens with zero attached hydrogens (tertiary/aromatic N) is 1. The summed E-state index contributed by atoms with van der Waals surface area (Å²) in [6.07, 6.45) is 2.82. The van der Waals surface area contributed by atoms with E-state index in [2.05, 4.69) is 18.7 Å². The van der Waals surface area contributed by atoms with Crippen molar-refractivity contribution in [2.75, 3.05) is 18.8 Å². The summed E-state index contributed by atoms with van der Waals surface area (Å²) >= 11 is 0. The van der Waals surface area contributed by atoms with E-state index in [0.717, 1.165) is 30.8 Å². The van der Waals surface area contributed by atoms with Crippen molar-refractivity contribution >= 4 is 10.8 Å². The number of rotatable bonds is 2. The molecule has 2 aliphatic rings. The third-order valence-electron chi connectivity index (χ3n) is 3.40. The molecule has 2 rings (SSSR count). The highest BCUT2D eigenvalue weighted by molar-refractivity contribution is 7.85. The van der Waals surface area contributed by atoms with E-state index in [-0.39, 0.29) is 0 Å². The highest BCUT2D eigenvalue weighted by atomic mass is 32.2. The van der Waals surface area contributed by atoms with Gasteiger partial charge in [0.1, 0.15) is 0 Å². The van der Waals surface area contributed by atoms with Crippen molar-refractivity contribution in [2.45, 2.75) is 38.0 Å². The van der Waals surface area contributed by atoms with E-state index in [1.165, 1.54) is 12.8 Å². The van der Waals surface area contributed by atoms with E-state index in [1.807, 2.05) is 0 Å². The smallest absolute Gasteiger partial charge is 0.0447 e. The molecule has 1 aliphatic heterocycles. The van der Waals surface area contributed by atoms with E-state index in [9.17, 15) is 4.21 Å². The Morgan fingerprint density at radius 3 is 2.69 bits per heavy atom. The lowest BCUT2D eigenvalue weighted by Crippen LogP contribution is -2.47. The average molecular weight is 201 g/mol. The van der Waals surface area contributed by atoms with E-state index in [0.29, 0.717) is 5.25 Å². The van der Waals surface area contributed by atoms with Crippen LogP contribution in [0.5, 0.6) is 0 Å². The van der Waals surface area contributed by atoms with E-state index in [1.54, 1.807) is 0 Å². The minimum atomic E-state index is -0.557. The highest BCUT2D eigenvalue weighted by Crippen LogP contribution is 2.35. The number of hydrogen-bond acceptors (Lipinski definition) is 2. The summed E-state index contributed by atoms with van der Waals surface area (Å²) in [7, 11) is -0.557. The van der Waals surface area contributed by atoms with E-state index in [4.69, 9.17) is 0 Å². The predicted octanol–water partition coefficient (Wildman–Crippen LogP) is 1.24. The maximum absolute atomic E-state index is 11.4. The van der Waals surface area contributed by atoms with Crippen LogP contribution in [0.1, 0.15) is 26.7 Å². The van der Waals surface area contributed by atoms with Crippen LogP contribution in [-0.2, 0) is 10.8 Å². The molecule has 0 amide bonds. The molecule has 2 nitrogen and oxygen atoms in total. The lowest BCUT2D eigenvalue weighted by Gasteiger charge is -2.35. The second-order valence-corrected chi connectivity index (χ2v) is 6.44. The summed E-state index contributed by atoms with van der Waals surface area (Å²) in [5.74, 6) is 1.83. The first-order valence-corrected chi connectivity index (χ1v) is 6.68. The maximum atomic E-state index is 11.4. The van der Waals surface area contributed by atoms with Gasteiger partial charge in [0.2, 0.25) is 0 Å². The van der Waals surface area contributed by atoms with Crippen molar-refractivity contribution in [1.29, 1.82) is 0 Å². The van der Waals surface area contributed by atoms with Gasteiger partial charge in [-0.2, -0.15) is 0 Å². The van der Waals surface area contributed by atoms with Gasteiger partial charge in [0.05, 0.1) is 0 Å². The van der Waals surface area contributed by atoms with Gasteiger partial charge in [-0.3, -0.25) is 9.11 Å². The van der Waals surface area contributed by atoms with Gasteiger partial charge in [0, 0.05) is 40.9 Å². The van der Waals surface area contributed by atoms with Crippen molar-refractivity contribution in [2.24, 2.45) is 5.92 Å². The number of hydrogen-bond donors (Lipinski definition) is 0. The van der Waals surface area contributed by atoms with Crippen molar-refractivity contribution in [3.05, 3.63) is 0 Å². The largest absolute Gasteiger partial charge is 0.298 e. The first-order valence-electron chi connectivity index (χ1n) is 5.29. The molecular weight excluding hydrogens is 182 g/mol. The zero-order valence-corrected chi connectivity index (χ0v) is 9.35. The van der Waals surface area contributed by atoms with Gasteiger partial charge in [-0.25, -0.2) is 0 Å². The fourth-order valence-corrected chi connectivity index (χ4v) is 3.33. The lowest BCUT2D eigenvalue weighted by atomic mass is 10.1. The molecule has 1 saturated heterocycles. The van der Waals surface area contributed by atoms with Gasteiger partial charge in [0.15, 0.2) is 0 Å². The van der Waals surface area contributed by atoms with Gasteiger partial charge in [0.25, 0.3) is 0 Å². The minimum Gasteiger partial charge on any atom is -0.298 e. The van der Waals surface area contributed by atoms with Crippen molar-refractivity contribution in [3.8, 4) is 0 Å². The van der Waals surface area contributed by atoms with Gasteiger partial charge >= 0.3 is 0 Å². The molecular formula is C10H19NOS. The molecule has 3 atom stereocenters. The maximum Gasteiger partial charge on any atom is 0.0447 e. The summed E-state index contributed by atoms with van der Waals surface area (Å²) in [4.78, 5) is 2.53. The SMILES string of the molecule is CC(C1CC1)N1CCS(=O)C(C)C1. The lowest BCUT2D eigenvalue weighted by molar-refractivity contribution is 0.196. The Morgan fingerprint density at radius 1 is 1.46 bits per heavy atom. The first kappa shape index (κ1) is 9.66. The molecule has 0 radical (unpaired) electrons. The van der Waals surface area contributed by atoms with Crippen LogP contribution in [0.3, 0.4) is 0 Å². The summed E-state index contributed by atoms with van der Waals surface area (Å²) in [5.41, 5.74) is 0. The Morgan fingerprint density at radius 2 is 2.15 bits per heavy atom. The first-order chi connectivity index (χ1) is 6.18. The Kier molecular flexibility index (Phi) is 2.75. The third kappa shape index (κ3) is 2.13. The van der Waals surface area contributed by atoms with Crippen LogP contribution in [0.4, 0.5) is 0 Å². The molecule has 0 aromatic heterocycles. The highest BCUT2D eigenvalue weighted by Gasteiger charge is 2.34. The molecule has 1 heterocycles. The van der Waals surface area contributed by atoms with Crippen molar-refractivity contribution in [1.82, 2.24) is 4.90 Å². The summed E-state index contributed by atoms with van der Waals surface area (Å²) in [5, 5.41) is 0.384. The van der Waals surface area contributed by atoms with Gasteiger partial charge < -0.3 is 0 Å². The Bertz CT molecular complexity index is 215. The van der Waals surface area contributed by atoms with Crippen LogP contribution >= 0.6 is 0 Å². The fraction of sp³-hybridized carbons (Fsp3) is 1.00. The summed E-state index contributed by atoms with van der Waals surface area (Å²) in [6.45, 7) is 6.54. The normalized spacial score (nSPS) is 38.9. The van der Waals surface area contributed by atoms with Crippen LogP contribution in [0.15, 0.2) is 0 Å². The standard InChI is InChI=1S/C10H19NOS/c1-8-7-11(5-6-13(8)12)9(2)10-3-4-10/h8-10H,3-7H2,1-2H3. The van der Waals surface area contributed by atoms with Crippen LogP contribution in [0.2, 0.25) is 0 Å². The topological polar surface area (TPSA) is 20.3 Å². The molecule has 0 spiro atoms. The van der Waals surface area contributed by atoms with E-state index >= 15 is 0 Å². The van der Waals surface area contributed by atoms with Crippen molar-refractivity contribution in [3.63, 3.8) is 0 Å².